The summed E-state index contributed by atoms with van der Waals surface area (Å²) in [5.41, 5.74) is 5.07. The number of para-hydroxylation sites is 1. The predicted molar refractivity (Wildman–Crippen MR) is 72.2 cm³/mol. The van der Waals surface area contributed by atoms with Gasteiger partial charge in [0.25, 0.3) is 0 Å². The van der Waals surface area contributed by atoms with Crippen LogP contribution in [0.2, 0.25) is 0 Å². The van der Waals surface area contributed by atoms with E-state index in [1.165, 1.54) is 26.3 Å². The van der Waals surface area contributed by atoms with Crippen LogP contribution in [0.25, 0.3) is 0 Å². The van der Waals surface area contributed by atoms with E-state index in [4.69, 9.17) is 10.1 Å². The van der Waals surface area contributed by atoms with E-state index >= 15 is 0 Å². The summed E-state index contributed by atoms with van der Waals surface area (Å²) < 4.78 is 4.92. The summed E-state index contributed by atoms with van der Waals surface area (Å²) in [7, 11) is 2.86. The van der Waals surface area contributed by atoms with Gasteiger partial charge in [0.05, 0.1) is 12.0 Å². The molecule has 0 aromatic heterocycles. The van der Waals surface area contributed by atoms with Crippen molar-refractivity contribution >= 4 is 11.4 Å². The van der Waals surface area contributed by atoms with Crippen LogP contribution >= 0.6 is 0 Å². The van der Waals surface area contributed by atoms with Crippen molar-refractivity contribution in [3.8, 4) is 18.6 Å². The maximum Gasteiger partial charge on any atom is 0.311 e. The Morgan fingerprint density at radius 3 is 2.28 bits per heavy atom. The topological polar surface area (TPSA) is 102 Å². The number of hydrogen-bond acceptors (Lipinski definition) is 5. The number of nitro benzene ring substituents is 1. The van der Waals surface area contributed by atoms with E-state index in [-0.39, 0.29) is 17.1 Å². The maximum atomic E-state index is 10.6. The smallest absolute Gasteiger partial charge is 0.311 e. The Morgan fingerprint density at radius 2 is 1.94 bits per heavy atom. The first kappa shape index (κ1) is 18.0. The molecule has 1 rings (SSSR count). The fourth-order valence-corrected chi connectivity index (χ4v) is 1.18. The van der Waals surface area contributed by atoms with E-state index in [2.05, 4.69) is 18.6 Å². The van der Waals surface area contributed by atoms with Crippen LogP contribution in [0.15, 0.2) is 18.2 Å². The zero-order valence-electron chi connectivity index (χ0n) is 10.6. The van der Waals surface area contributed by atoms with Crippen LogP contribution in [-0.4, -0.2) is 24.8 Å². The number of ether oxygens (including phenoxy) is 1. The molecule has 0 amide bonds. The fraction of sp³-hybridized carbons (Fsp3) is 0.250. The van der Waals surface area contributed by atoms with Crippen molar-refractivity contribution in [2.24, 2.45) is 5.73 Å². The van der Waals surface area contributed by atoms with E-state index in [0.717, 1.165) is 0 Å². The minimum Gasteiger partial charge on any atom is -0.490 e. The van der Waals surface area contributed by atoms with Gasteiger partial charge in [0, 0.05) is 17.3 Å². The Morgan fingerprint density at radius 1 is 1.44 bits per heavy atom. The van der Waals surface area contributed by atoms with Crippen molar-refractivity contribution in [2.45, 2.75) is 6.92 Å². The Bertz CT molecular complexity index is 396. The molecule has 0 aliphatic heterocycles. The number of nitrogens with zero attached hydrogens (tertiary/aromatic N) is 1. The zero-order chi connectivity index (χ0) is 14.7. The molecule has 0 aliphatic carbocycles. The van der Waals surface area contributed by atoms with Gasteiger partial charge in [-0.2, -0.15) is 0 Å². The van der Waals surface area contributed by atoms with Gasteiger partial charge >= 0.3 is 5.69 Å². The van der Waals surface area contributed by atoms with Crippen LogP contribution in [0.3, 0.4) is 0 Å². The lowest BCUT2D eigenvalue weighted by atomic mass is 10.1. The second-order valence-electron chi connectivity index (χ2n) is 2.74. The summed E-state index contributed by atoms with van der Waals surface area (Å²) in [5.74, 6) is 0.144. The molecule has 1 aromatic rings. The third-order valence-electron chi connectivity index (χ3n) is 1.80. The number of nitro groups is 1. The molecule has 6 nitrogen and oxygen atoms in total. The molecule has 3 N–H and O–H groups in total. The predicted octanol–water partition coefficient (Wildman–Crippen LogP) is 1.82. The van der Waals surface area contributed by atoms with Gasteiger partial charge in [-0.1, -0.05) is 6.07 Å². The van der Waals surface area contributed by atoms with E-state index in [1.54, 1.807) is 13.0 Å². The van der Waals surface area contributed by atoms with Crippen LogP contribution in [0.1, 0.15) is 12.5 Å². The second kappa shape index (κ2) is 9.81. The number of rotatable bonds is 3. The van der Waals surface area contributed by atoms with Crippen molar-refractivity contribution in [3.05, 3.63) is 33.9 Å². The van der Waals surface area contributed by atoms with Crippen molar-refractivity contribution in [3.63, 3.8) is 0 Å². The van der Waals surface area contributed by atoms with Gasteiger partial charge in [-0.25, -0.2) is 0 Å². The van der Waals surface area contributed by atoms with Crippen molar-refractivity contribution in [1.29, 1.82) is 5.41 Å². The lowest BCUT2D eigenvalue weighted by Gasteiger charge is -2.06. The third kappa shape index (κ3) is 4.63. The Labute approximate surface area is 106 Å². The summed E-state index contributed by atoms with van der Waals surface area (Å²) in [6, 6.07) is 4.51. The number of terminal acetylenes is 1. The van der Waals surface area contributed by atoms with Gasteiger partial charge in [0.15, 0.2) is 0 Å². The third-order valence-corrected chi connectivity index (χ3v) is 1.80. The number of nitrogens with one attached hydrogen (secondary N) is 1. The van der Waals surface area contributed by atoms with Crippen LogP contribution in [0.4, 0.5) is 5.69 Å². The highest BCUT2D eigenvalue weighted by atomic mass is 16.6. The molecule has 0 fully saturated rings. The monoisotopic (exact) mass is 251 g/mol. The standard InChI is InChI=1S/C9H10N2O3.C2H2.CH5N/c1-6(10)7-4-3-5-8(11(12)13)9(7)14-2;2*1-2/h3-5,10H,1-2H3;1-2H;2H2,1H3. The highest BCUT2D eigenvalue weighted by molar-refractivity contribution is 5.99. The molecule has 0 aliphatic rings. The first-order chi connectivity index (χ1) is 8.57. The molecule has 0 saturated heterocycles. The molecular weight excluding hydrogens is 234 g/mol. The van der Waals surface area contributed by atoms with Crippen molar-refractivity contribution in [1.82, 2.24) is 0 Å². The first-order valence-electron chi connectivity index (χ1n) is 4.86. The summed E-state index contributed by atoms with van der Waals surface area (Å²) in [5, 5.41) is 18.0. The lowest BCUT2D eigenvalue weighted by Crippen LogP contribution is -2.01. The highest BCUT2D eigenvalue weighted by Crippen LogP contribution is 2.30. The van der Waals surface area contributed by atoms with E-state index in [0.29, 0.717) is 5.56 Å². The van der Waals surface area contributed by atoms with E-state index in [1.807, 2.05) is 0 Å². The normalized spacial score (nSPS) is 7.89. The second-order valence-corrected chi connectivity index (χ2v) is 2.74. The van der Waals surface area contributed by atoms with E-state index < -0.39 is 4.92 Å². The molecular formula is C12H17N3O3. The SMILES string of the molecule is C#C.CN.COc1c(C(C)=N)cccc1[N+](=O)[O-]. The molecule has 0 atom stereocenters. The summed E-state index contributed by atoms with van der Waals surface area (Å²) in [6.07, 6.45) is 8.00. The average Bonchev–Trinajstić information content (AvgIpc) is 2.42. The fourth-order valence-electron chi connectivity index (χ4n) is 1.18. The quantitative estimate of drug-likeness (QED) is 0.370. The maximum absolute atomic E-state index is 10.6. The molecule has 0 unspecified atom stereocenters. The molecule has 0 heterocycles. The van der Waals surface area contributed by atoms with Crippen LogP contribution in [-0.2, 0) is 0 Å². The highest BCUT2D eigenvalue weighted by Gasteiger charge is 2.18. The largest absolute Gasteiger partial charge is 0.490 e. The van der Waals surface area contributed by atoms with Gasteiger partial charge in [0.1, 0.15) is 0 Å². The Balaban J connectivity index is 0. The van der Waals surface area contributed by atoms with E-state index in [9.17, 15) is 10.1 Å². The molecule has 0 spiro atoms. The van der Waals surface area contributed by atoms with Gasteiger partial charge in [-0.3, -0.25) is 10.1 Å². The molecule has 0 radical (unpaired) electrons. The van der Waals surface area contributed by atoms with Gasteiger partial charge in [0.2, 0.25) is 5.75 Å². The molecule has 0 bridgehead atoms. The molecule has 0 saturated carbocycles. The van der Waals surface area contributed by atoms with Gasteiger partial charge < -0.3 is 15.9 Å². The van der Waals surface area contributed by atoms with Gasteiger partial charge in [-0.15, -0.1) is 12.8 Å². The lowest BCUT2D eigenvalue weighted by molar-refractivity contribution is -0.385. The average molecular weight is 251 g/mol. The van der Waals surface area contributed by atoms with Crippen LogP contribution < -0.4 is 10.5 Å². The Kier molecular flexibility index (Phi) is 9.80. The molecule has 98 valence electrons. The number of benzene rings is 1. The number of hydrogen-bond donors (Lipinski definition) is 2. The first-order valence-corrected chi connectivity index (χ1v) is 4.86. The van der Waals surface area contributed by atoms with Gasteiger partial charge in [-0.05, 0) is 20.0 Å². The van der Waals surface area contributed by atoms with Crippen molar-refractivity contribution in [2.75, 3.05) is 14.2 Å². The zero-order valence-corrected chi connectivity index (χ0v) is 10.6. The van der Waals surface area contributed by atoms with Crippen molar-refractivity contribution < 1.29 is 9.66 Å². The minimum absolute atomic E-state index is 0.114. The Hall–Kier alpha value is -2.39. The molecule has 6 heteroatoms. The van der Waals surface area contributed by atoms with Crippen LogP contribution in [0.5, 0.6) is 5.75 Å². The molecule has 18 heavy (non-hydrogen) atoms. The summed E-state index contributed by atoms with van der Waals surface area (Å²) >= 11 is 0. The summed E-state index contributed by atoms with van der Waals surface area (Å²) in [6.45, 7) is 1.56. The minimum atomic E-state index is -0.523. The van der Waals surface area contributed by atoms with Crippen LogP contribution in [0, 0.1) is 28.4 Å². The number of methoxy groups -OCH3 is 1. The number of nitrogens with two attached hydrogens (primary N) is 1. The molecule has 1 aromatic carbocycles. The summed E-state index contributed by atoms with van der Waals surface area (Å²) in [4.78, 5) is 10.1.